The van der Waals surface area contributed by atoms with E-state index < -0.39 is 35.5 Å². The topological polar surface area (TPSA) is 93.1 Å². The molecule has 0 aromatic heterocycles. The summed E-state index contributed by atoms with van der Waals surface area (Å²) in [5.74, 6) is -2.65. The molecular formula is C19H29NO6. The highest BCUT2D eigenvalue weighted by Crippen LogP contribution is 2.28. The minimum absolute atomic E-state index is 0.112. The molecule has 0 spiro atoms. The van der Waals surface area contributed by atoms with Gasteiger partial charge >= 0.3 is 11.9 Å². The fourth-order valence-corrected chi connectivity index (χ4v) is 3.23. The number of ketones is 1. The number of carbonyl (C=O) groups is 3. The summed E-state index contributed by atoms with van der Waals surface area (Å²) in [5.41, 5.74) is -1.42. The third kappa shape index (κ3) is 4.51. The lowest BCUT2D eigenvalue weighted by Crippen LogP contribution is -2.47. The zero-order valence-corrected chi connectivity index (χ0v) is 16.0. The van der Waals surface area contributed by atoms with Crippen LogP contribution in [0.1, 0.15) is 40.0 Å². The predicted octanol–water partition coefficient (Wildman–Crippen LogP) is 1.09. The maximum atomic E-state index is 12.8. The number of nitrogens with zero attached hydrogens (tertiary/aromatic N) is 1. The number of hydrogen-bond acceptors (Lipinski definition) is 7. The van der Waals surface area contributed by atoms with Gasteiger partial charge in [0.25, 0.3) is 0 Å². The van der Waals surface area contributed by atoms with Gasteiger partial charge in [-0.15, -0.1) is 0 Å². The highest BCUT2D eigenvalue weighted by atomic mass is 16.6. The summed E-state index contributed by atoms with van der Waals surface area (Å²) in [6.45, 7) is 5.97. The summed E-state index contributed by atoms with van der Waals surface area (Å²) in [6.07, 6.45) is 1.82. The molecular weight excluding hydrogens is 338 g/mol. The second-order valence-electron chi connectivity index (χ2n) is 7.54. The van der Waals surface area contributed by atoms with Crippen molar-refractivity contribution in [1.82, 2.24) is 4.90 Å². The highest BCUT2D eigenvalue weighted by Gasteiger charge is 2.41. The van der Waals surface area contributed by atoms with E-state index in [-0.39, 0.29) is 18.8 Å². The van der Waals surface area contributed by atoms with Crippen molar-refractivity contribution in [1.29, 1.82) is 0 Å². The van der Waals surface area contributed by atoms with E-state index in [1.807, 2.05) is 7.05 Å². The van der Waals surface area contributed by atoms with E-state index in [2.05, 4.69) is 4.90 Å². The minimum atomic E-state index is -1.76. The number of rotatable bonds is 0. The smallest absolute Gasteiger partial charge is 0.338 e. The minimum Gasteiger partial charge on any atom is -0.463 e. The van der Waals surface area contributed by atoms with Crippen molar-refractivity contribution in [2.45, 2.75) is 51.7 Å². The Hall–Kier alpha value is -1.73. The average Bonchev–Trinajstić information content (AvgIpc) is 2.59. The molecule has 0 aromatic carbocycles. The van der Waals surface area contributed by atoms with Crippen molar-refractivity contribution in [2.24, 2.45) is 11.8 Å². The fourth-order valence-electron chi connectivity index (χ4n) is 3.23. The molecule has 2 aliphatic rings. The summed E-state index contributed by atoms with van der Waals surface area (Å²) in [7, 11) is 1.94. The first-order valence-corrected chi connectivity index (χ1v) is 9.14. The Balaban J connectivity index is 2.36. The number of Topliss-reactive ketones (excluding diaryl/α,β-unsaturated/α-hetero) is 1. The highest BCUT2D eigenvalue weighted by molar-refractivity contribution is 5.93. The maximum absolute atomic E-state index is 12.8. The van der Waals surface area contributed by atoms with Gasteiger partial charge in [0.1, 0.15) is 6.61 Å². The van der Waals surface area contributed by atoms with Crippen LogP contribution in [0.4, 0.5) is 0 Å². The van der Waals surface area contributed by atoms with Crippen LogP contribution in [-0.2, 0) is 23.9 Å². The molecule has 146 valence electrons. The van der Waals surface area contributed by atoms with Crippen LogP contribution >= 0.6 is 0 Å². The van der Waals surface area contributed by atoms with Gasteiger partial charge in [-0.2, -0.15) is 0 Å². The van der Waals surface area contributed by atoms with Gasteiger partial charge in [-0.1, -0.05) is 13.0 Å². The van der Waals surface area contributed by atoms with Crippen LogP contribution in [0, 0.1) is 11.8 Å². The Labute approximate surface area is 154 Å². The van der Waals surface area contributed by atoms with Crippen molar-refractivity contribution in [3.63, 3.8) is 0 Å². The van der Waals surface area contributed by atoms with Crippen molar-refractivity contribution < 1.29 is 29.0 Å². The number of carbonyl (C=O) groups excluding carboxylic acids is 3. The molecule has 7 heteroatoms. The third-order valence-corrected chi connectivity index (χ3v) is 5.53. The van der Waals surface area contributed by atoms with Gasteiger partial charge in [-0.25, -0.2) is 9.59 Å². The third-order valence-electron chi connectivity index (χ3n) is 5.53. The van der Waals surface area contributed by atoms with Gasteiger partial charge in [0.2, 0.25) is 0 Å². The Bertz CT molecular complexity index is 597. The zero-order chi connectivity index (χ0) is 19.5. The van der Waals surface area contributed by atoms with E-state index in [4.69, 9.17) is 9.47 Å². The molecule has 4 atom stereocenters. The van der Waals surface area contributed by atoms with E-state index in [0.717, 1.165) is 0 Å². The lowest BCUT2D eigenvalue weighted by atomic mass is 9.85. The number of hydrogen-bond donors (Lipinski definition) is 1. The Morgan fingerprint density at radius 3 is 2.54 bits per heavy atom. The number of allylic oxidation sites excluding steroid dienone is 1. The molecule has 0 saturated carbocycles. The molecule has 2 rings (SSSR count). The van der Waals surface area contributed by atoms with Gasteiger partial charge in [0, 0.05) is 18.5 Å². The van der Waals surface area contributed by atoms with Crippen LogP contribution in [0.15, 0.2) is 11.6 Å². The van der Waals surface area contributed by atoms with Crippen molar-refractivity contribution in [3.8, 4) is 0 Å². The van der Waals surface area contributed by atoms with Gasteiger partial charge in [0.15, 0.2) is 17.5 Å². The standard InChI is InChI=1S/C19H29NO6/c1-5-13-10-12(2)19(3,24)18(23)25-11-14-6-8-20(4)9-7-15(16(14)21)26-17(13)22/h5,12,14-15,24H,6-11H2,1-4H3/t12-,14-,15-,19-/m1/s1. The van der Waals surface area contributed by atoms with Gasteiger partial charge in [-0.3, -0.25) is 4.79 Å². The quantitative estimate of drug-likeness (QED) is 0.506. The summed E-state index contributed by atoms with van der Waals surface area (Å²) in [4.78, 5) is 39.9. The molecule has 2 aliphatic heterocycles. The molecule has 0 aromatic rings. The number of likely N-dealkylation sites (tertiary alicyclic amines) is 1. The Kier molecular flexibility index (Phi) is 6.58. The zero-order valence-electron chi connectivity index (χ0n) is 16.0. The normalized spacial score (nSPS) is 37.0. The van der Waals surface area contributed by atoms with Crippen LogP contribution in [0.25, 0.3) is 0 Å². The average molecular weight is 367 g/mol. The lowest BCUT2D eigenvalue weighted by molar-refractivity contribution is -0.173. The first-order valence-electron chi connectivity index (χ1n) is 9.14. The molecule has 0 unspecified atom stereocenters. The van der Waals surface area contributed by atoms with Crippen LogP contribution in [0.5, 0.6) is 0 Å². The largest absolute Gasteiger partial charge is 0.463 e. The number of cyclic esters (lactones) is 1. The van der Waals surface area contributed by atoms with E-state index in [1.54, 1.807) is 19.9 Å². The van der Waals surface area contributed by atoms with Crippen LogP contribution < -0.4 is 0 Å². The van der Waals surface area contributed by atoms with Crippen LogP contribution in [0.3, 0.4) is 0 Å². The summed E-state index contributed by atoms with van der Waals surface area (Å²) >= 11 is 0. The molecule has 1 N–H and O–H groups in total. The van der Waals surface area contributed by atoms with E-state index >= 15 is 0 Å². The van der Waals surface area contributed by atoms with E-state index in [1.165, 1.54) is 6.92 Å². The van der Waals surface area contributed by atoms with Crippen molar-refractivity contribution >= 4 is 17.7 Å². The van der Waals surface area contributed by atoms with Gasteiger partial charge in [0.05, 0.1) is 5.92 Å². The van der Waals surface area contributed by atoms with Gasteiger partial charge in [-0.05, 0) is 46.2 Å². The summed E-state index contributed by atoms with van der Waals surface area (Å²) in [6, 6.07) is 0. The molecule has 0 amide bonds. The molecule has 26 heavy (non-hydrogen) atoms. The summed E-state index contributed by atoms with van der Waals surface area (Å²) < 4.78 is 10.8. The molecule has 2 saturated heterocycles. The van der Waals surface area contributed by atoms with E-state index in [9.17, 15) is 19.5 Å². The maximum Gasteiger partial charge on any atom is 0.338 e. The second-order valence-corrected chi connectivity index (χ2v) is 7.54. The number of fused-ring (bicyclic) bond motifs is 2. The SMILES string of the molecule is CC=C1C[C@@H](C)[C@@](C)(O)C(=O)OC[C@H]2CCN(C)CC[C@@H](OC1=O)C2=O. The lowest BCUT2D eigenvalue weighted by Gasteiger charge is -2.33. The molecule has 2 bridgehead atoms. The monoisotopic (exact) mass is 367 g/mol. The Morgan fingerprint density at radius 2 is 1.88 bits per heavy atom. The molecule has 0 aliphatic carbocycles. The first-order chi connectivity index (χ1) is 12.2. The molecule has 0 radical (unpaired) electrons. The number of ether oxygens (including phenoxy) is 2. The van der Waals surface area contributed by atoms with Crippen molar-refractivity contribution in [2.75, 3.05) is 26.7 Å². The number of aliphatic hydroxyl groups is 1. The van der Waals surface area contributed by atoms with Crippen LogP contribution in [-0.4, -0.2) is 66.2 Å². The Morgan fingerprint density at radius 1 is 1.23 bits per heavy atom. The van der Waals surface area contributed by atoms with Gasteiger partial charge < -0.3 is 19.5 Å². The van der Waals surface area contributed by atoms with Crippen LogP contribution in [0.2, 0.25) is 0 Å². The summed E-state index contributed by atoms with van der Waals surface area (Å²) in [5, 5.41) is 10.6. The fraction of sp³-hybridized carbons (Fsp3) is 0.737. The molecule has 7 nitrogen and oxygen atoms in total. The first kappa shape index (κ1) is 20.6. The van der Waals surface area contributed by atoms with Crippen molar-refractivity contribution in [3.05, 3.63) is 11.6 Å². The second kappa shape index (κ2) is 8.31. The van der Waals surface area contributed by atoms with E-state index in [0.29, 0.717) is 31.5 Å². The molecule has 2 fully saturated rings. The number of esters is 2. The molecule has 2 heterocycles. The predicted molar refractivity (Wildman–Crippen MR) is 94.2 cm³/mol.